The highest BCUT2D eigenvalue weighted by Crippen LogP contribution is 2.32. The Hall–Kier alpha value is -3.22. The van der Waals surface area contributed by atoms with Crippen molar-refractivity contribution in [3.05, 3.63) is 53.6 Å². The second kappa shape index (κ2) is 7.57. The van der Waals surface area contributed by atoms with Crippen LogP contribution >= 0.6 is 0 Å². The molecule has 130 valence electrons. The minimum absolute atomic E-state index is 0.120. The highest BCUT2D eigenvalue weighted by Gasteiger charge is 2.16. The van der Waals surface area contributed by atoms with Gasteiger partial charge in [-0.05, 0) is 42.8 Å². The third-order valence-corrected chi connectivity index (χ3v) is 3.54. The second-order valence-corrected chi connectivity index (χ2v) is 5.49. The molecule has 1 aliphatic rings. The number of aryl methyl sites for hydroxylation is 1. The van der Waals surface area contributed by atoms with Crippen molar-refractivity contribution >= 4 is 11.8 Å². The Morgan fingerprint density at radius 3 is 2.76 bits per heavy atom. The Kier molecular flexibility index (Phi) is 5.03. The minimum atomic E-state index is -0.439. The van der Waals surface area contributed by atoms with Crippen LogP contribution < -0.4 is 25.1 Å². The molecule has 7 heteroatoms. The molecular formula is C18H18N2O5. The van der Waals surface area contributed by atoms with E-state index in [1.54, 1.807) is 18.2 Å². The zero-order chi connectivity index (χ0) is 17.6. The quantitative estimate of drug-likeness (QED) is 0.811. The molecule has 0 aliphatic carbocycles. The summed E-state index contributed by atoms with van der Waals surface area (Å²) in [4.78, 5) is 23.8. The Bertz CT molecular complexity index is 791. The number of hydrogen-bond donors (Lipinski definition) is 2. The SMILES string of the molecule is Cc1cccc(OCCC(=O)NNC(=O)c2ccc3c(c2)OCO3)c1. The molecule has 2 aromatic rings. The summed E-state index contributed by atoms with van der Waals surface area (Å²) in [5.74, 6) is 1.02. The van der Waals surface area contributed by atoms with Crippen LogP contribution in [-0.2, 0) is 4.79 Å². The van der Waals surface area contributed by atoms with Crippen LogP contribution in [0.1, 0.15) is 22.3 Å². The number of benzene rings is 2. The normalized spacial score (nSPS) is 11.7. The first kappa shape index (κ1) is 16.6. The lowest BCUT2D eigenvalue weighted by molar-refractivity contribution is -0.122. The lowest BCUT2D eigenvalue weighted by Gasteiger charge is -2.09. The lowest BCUT2D eigenvalue weighted by Crippen LogP contribution is -2.42. The molecule has 0 bridgehead atoms. The van der Waals surface area contributed by atoms with E-state index in [9.17, 15) is 9.59 Å². The van der Waals surface area contributed by atoms with Crippen LogP contribution in [0.15, 0.2) is 42.5 Å². The van der Waals surface area contributed by atoms with E-state index < -0.39 is 5.91 Å². The van der Waals surface area contributed by atoms with Crippen molar-refractivity contribution in [1.82, 2.24) is 10.9 Å². The van der Waals surface area contributed by atoms with Crippen LogP contribution in [0.2, 0.25) is 0 Å². The van der Waals surface area contributed by atoms with Crippen LogP contribution in [0.5, 0.6) is 17.2 Å². The van der Waals surface area contributed by atoms with Gasteiger partial charge in [0.25, 0.3) is 5.91 Å². The summed E-state index contributed by atoms with van der Waals surface area (Å²) in [5.41, 5.74) is 6.16. The van der Waals surface area contributed by atoms with Crippen molar-refractivity contribution in [2.45, 2.75) is 13.3 Å². The van der Waals surface area contributed by atoms with Gasteiger partial charge in [0.05, 0.1) is 13.0 Å². The predicted molar refractivity (Wildman–Crippen MR) is 89.5 cm³/mol. The number of carbonyl (C=O) groups is 2. The van der Waals surface area contributed by atoms with E-state index in [-0.39, 0.29) is 25.7 Å². The molecule has 3 rings (SSSR count). The largest absolute Gasteiger partial charge is 0.493 e. The molecule has 0 radical (unpaired) electrons. The first-order valence-electron chi connectivity index (χ1n) is 7.80. The van der Waals surface area contributed by atoms with E-state index in [4.69, 9.17) is 14.2 Å². The average Bonchev–Trinajstić information content (AvgIpc) is 3.07. The van der Waals surface area contributed by atoms with Gasteiger partial charge in [-0.2, -0.15) is 0 Å². The summed E-state index contributed by atoms with van der Waals surface area (Å²) in [7, 11) is 0. The summed E-state index contributed by atoms with van der Waals surface area (Å²) in [6.07, 6.45) is 0.120. The Morgan fingerprint density at radius 1 is 1.08 bits per heavy atom. The fraction of sp³-hybridized carbons (Fsp3) is 0.222. The van der Waals surface area contributed by atoms with Crippen LogP contribution in [0.25, 0.3) is 0 Å². The Labute approximate surface area is 144 Å². The molecule has 2 aromatic carbocycles. The van der Waals surface area contributed by atoms with Gasteiger partial charge in [-0.3, -0.25) is 20.4 Å². The smallest absolute Gasteiger partial charge is 0.269 e. The number of hydrazine groups is 1. The van der Waals surface area contributed by atoms with Gasteiger partial charge in [0.1, 0.15) is 5.75 Å². The number of amides is 2. The summed E-state index contributed by atoms with van der Waals surface area (Å²) >= 11 is 0. The molecule has 0 spiro atoms. The standard InChI is InChI=1S/C18H18N2O5/c1-12-3-2-4-14(9-12)23-8-7-17(21)19-20-18(22)13-5-6-15-16(10-13)25-11-24-15/h2-6,9-10H,7-8,11H2,1H3,(H,19,21)(H,20,22). The molecule has 0 atom stereocenters. The molecular weight excluding hydrogens is 324 g/mol. The van der Waals surface area contributed by atoms with Crippen LogP contribution in [0.3, 0.4) is 0 Å². The molecule has 0 saturated carbocycles. The predicted octanol–water partition coefficient (Wildman–Crippen LogP) is 1.95. The molecule has 1 heterocycles. The molecule has 0 aromatic heterocycles. The first-order valence-corrected chi connectivity index (χ1v) is 7.80. The van der Waals surface area contributed by atoms with Gasteiger partial charge < -0.3 is 14.2 Å². The van der Waals surface area contributed by atoms with Crippen molar-refractivity contribution in [3.8, 4) is 17.2 Å². The topological polar surface area (TPSA) is 85.9 Å². The maximum Gasteiger partial charge on any atom is 0.269 e. The highest BCUT2D eigenvalue weighted by molar-refractivity contribution is 5.96. The first-order chi connectivity index (χ1) is 12.1. The molecule has 1 aliphatic heterocycles. The molecule has 0 unspecified atom stereocenters. The lowest BCUT2D eigenvalue weighted by atomic mass is 10.2. The van der Waals surface area contributed by atoms with Crippen molar-refractivity contribution in [2.75, 3.05) is 13.4 Å². The van der Waals surface area contributed by atoms with Gasteiger partial charge in [0.2, 0.25) is 12.7 Å². The Morgan fingerprint density at radius 2 is 1.92 bits per heavy atom. The third kappa shape index (κ3) is 4.41. The number of nitrogens with one attached hydrogen (secondary N) is 2. The van der Waals surface area contributed by atoms with Crippen LogP contribution in [0.4, 0.5) is 0 Å². The molecule has 0 fully saturated rings. The van der Waals surface area contributed by atoms with Crippen molar-refractivity contribution in [2.24, 2.45) is 0 Å². The molecule has 25 heavy (non-hydrogen) atoms. The molecule has 2 amide bonds. The number of rotatable bonds is 5. The van der Waals surface area contributed by atoms with Crippen LogP contribution in [-0.4, -0.2) is 25.2 Å². The Balaban J connectivity index is 1.42. The third-order valence-electron chi connectivity index (χ3n) is 3.54. The summed E-state index contributed by atoms with van der Waals surface area (Å²) < 4.78 is 15.9. The van der Waals surface area contributed by atoms with Gasteiger partial charge >= 0.3 is 0 Å². The second-order valence-electron chi connectivity index (χ2n) is 5.49. The minimum Gasteiger partial charge on any atom is -0.493 e. The molecule has 7 nitrogen and oxygen atoms in total. The van der Waals surface area contributed by atoms with Gasteiger partial charge in [-0.15, -0.1) is 0 Å². The van der Waals surface area contributed by atoms with E-state index in [0.29, 0.717) is 22.8 Å². The van der Waals surface area contributed by atoms with Gasteiger partial charge in [0, 0.05) is 5.56 Å². The number of hydrogen-bond acceptors (Lipinski definition) is 5. The molecule has 2 N–H and O–H groups in total. The van der Waals surface area contributed by atoms with Gasteiger partial charge in [0.15, 0.2) is 11.5 Å². The van der Waals surface area contributed by atoms with Crippen molar-refractivity contribution in [1.29, 1.82) is 0 Å². The summed E-state index contributed by atoms with van der Waals surface area (Å²) in [6.45, 7) is 2.32. The van der Waals surface area contributed by atoms with E-state index in [1.807, 2.05) is 31.2 Å². The average molecular weight is 342 g/mol. The molecule has 0 saturated heterocycles. The maximum atomic E-state index is 12.0. The van der Waals surface area contributed by atoms with Crippen LogP contribution in [0, 0.1) is 6.92 Å². The van der Waals surface area contributed by atoms with E-state index in [1.165, 1.54) is 0 Å². The van der Waals surface area contributed by atoms with Crippen molar-refractivity contribution in [3.63, 3.8) is 0 Å². The number of ether oxygens (including phenoxy) is 3. The number of carbonyl (C=O) groups excluding carboxylic acids is 2. The maximum absolute atomic E-state index is 12.0. The fourth-order valence-electron chi connectivity index (χ4n) is 2.27. The monoisotopic (exact) mass is 342 g/mol. The van der Waals surface area contributed by atoms with Gasteiger partial charge in [-0.25, -0.2) is 0 Å². The summed E-state index contributed by atoms with van der Waals surface area (Å²) in [5, 5.41) is 0. The fourth-order valence-corrected chi connectivity index (χ4v) is 2.27. The van der Waals surface area contributed by atoms with E-state index >= 15 is 0 Å². The van der Waals surface area contributed by atoms with E-state index in [2.05, 4.69) is 10.9 Å². The van der Waals surface area contributed by atoms with E-state index in [0.717, 1.165) is 5.56 Å². The summed E-state index contributed by atoms with van der Waals surface area (Å²) in [6, 6.07) is 12.4. The van der Waals surface area contributed by atoms with Crippen molar-refractivity contribution < 1.29 is 23.8 Å². The zero-order valence-electron chi connectivity index (χ0n) is 13.7. The zero-order valence-corrected chi connectivity index (χ0v) is 13.7. The highest BCUT2D eigenvalue weighted by atomic mass is 16.7. The van der Waals surface area contributed by atoms with Gasteiger partial charge in [-0.1, -0.05) is 12.1 Å². The number of fused-ring (bicyclic) bond motifs is 1.